The number of carboxylic acids is 1. The molecular formula is C11H18O5. The summed E-state index contributed by atoms with van der Waals surface area (Å²) in [6, 6.07) is 0. The quantitative estimate of drug-likeness (QED) is 0.696. The highest BCUT2D eigenvalue weighted by Gasteiger charge is 2.40. The van der Waals surface area contributed by atoms with Crippen LogP contribution in [0.4, 0.5) is 0 Å². The Labute approximate surface area is 94.4 Å². The molecule has 0 aromatic heterocycles. The molecule has 4 atom stereocenters. The van der Waals surface area contributed by atoms with Crippen LogP contribution in [-0.4, -0.2) is 35.4 Å². The van der Waals surface area contributed by atoms with Crippen LogP contribution in [0.1, 0.15) is 26.2 Å². The Hall–Kier alpha value is -1.10. The minimum Gasteiger partial charge on any atom is -0.481 e. The summed E-state index contributed by atoms with van der Waals surface area (Å²) in [6.45, 7) is 1.67. The number of methoxy groups -OCH3 is 1. The van der Waals surface area contributed by atoms with Crippen molar-refractivity contribution in [1.82, 2.24) is 0 Å². The highest BCUT2D eigenvalue weighted by Crippen LogP contribution is 2.34. The van der Waals surface area contributed by atoms with Gasteiger partial charge in [0.1, 0.15) is 0 Å². The lowest BCUT2D eigenvalue weighted by Crippen LogP contribution is -2.42. The van der Waals surface area contributed by atoms with E-state index in [1.165, 1.54) is 7.11 Å². The van der Waals surface area contributed by atoms with Gasteiger partial charge in [0.05, 0.1) is 25.0 Å². The van der Waals surface area contributed by atoms with Crippen molar-refractivity contribution in [3.8, 4) is 0 Å². The second-order valence-corrected chi connectivity index (χ2v) is 4.34. The van der Waals surface area contributed by atoms with Gasteiger partial charge >= 0.3 is 11.9 Å². The number of carbonyl (C=O) groups excluding carboxylic acids is 1. The van der Waals surface area contributed by atoms with Gasteiger partial charge in [0.25, 0.3) is 0 Å². The van der Waals surface area contributed by atoms with E-state index in [1.807, 2.05) is 0 Å². The van der Waals surface area contributed by atoms with Crippen molar-refractivity contribution >= 4 is 11.9 Å². The second-order valence-electron chi connectivity index (χ2n) is 4.34. The summed E-state index contributed by atoms with van der Waals surface area (Å²) in [5.74, 6) is -2.92. The number of ether oxygens (including phenoxy) is 1. The van der Waals surface area contributed by atoms with Gasteiger partial charge in [-0.25, -0.2) is 0 Å². The maximum Gasteiger partial charge on any atom is 0.309 e. The average Bonchev–Trinajstić information content (AvgIpc) is 2.27. The molecule has 0 heterocycles. The molecule has 1 fully saturated rings. The summed E-state index contributed by atoms with van der Waals surface area (Å²) in [5, 5.41) is 18.9. The molecule has 1 aliphatic carbocycles. The highest BCUT2D eigenvalue weighted by molar-refractivity contribution is 5.73. The molecule has 5 heteroatoms. The first-order valence-electron chi connectivity index (χ1n) is 5.47. The molecule has 0 saturated heterocycles. The molecule has 0 aromatic rings. The molecule has 16 heavy (non-hydrogen) atoms. The van der Waals surface area contributed by atoms with Gasteiger partial charge in [-0.05, 0) is 18.8 Å². The smallest absolute Gasteiger partial charge is 0.309 e. The molecular weight excluding hydrogens is 212 g/mol. The molecule has 0 spiro atoms. The van der Waals surface area contributed by atoms with Crippen LogP contribution in [0, 0.1) is 17.8 Å². The number of rotatable bonds is 3. The van der Waals surface area contributed by atoms with Crippen molar-refractivity contribution < 1.29 is 24.5 Å². The van der Waals surface area contributed by atoms with E-state index in [0.29, 0.717) is 12.8 Å². The predicted molar refractivity (Wildman–Crippen MR) is 55.7 cm³/mol. The number of aliphatic carboxylic acids is 1. The van der Waals surface area contributed by atoms with Crippen molar-refractivity contribution in [3.63, 3.8) is 0 Å². The van der Waals surface area contributed by atoms with Crippen LogP contribution in [0.25, 0.3) is 0 Å². The van der Waals surface area contributed by atoms with Crippen molar-refractivity contribution in [3.05, 3.63) is 0 Å². The number of carboxylic acid groups (broad SMARTS) is 1. The molecule has 92 valence electrons. The van der Waals surface area contributed by atoms with E-state index in [2.05, 4.69) is 4.74 Å². The van der Waals surface area contributed by atoms with Gasteiger partial charge in [-0.15, -0.1) is 0 Å². The molecule has 1 rings (SSSR count). The lowest BCUT2D eigenvalue weighted by molar-refractivity contribution is -0.157. The van der Waals surface area contributed by atoms with E-state index >= 15 is 0 Å². The van der Waals surface area contributed by atoms with E-state index in [9.17, 15) is 14.7 Å². The molecule has 5 nitrogen and oxygen atoms in total. The Morgan fingerprint density at radius 3 is 2.50 bits per heavy atom. The number of esters is 1. The lowest BCUT2D eigenvalue weighted by Gasteiger charge is -2.34. The molecule has 1 saturated carbocycles. The van der Waals surface area contributed by atoms with Crippen LogP contribution in [0.5, 0.6) is 0 Å². The zero-order valence-electron chi connectivity index (χ0n) is 9.55. The summed E-state index contributed by atoms with van der Waals surface area (Å²) in [5.41, 5.74) is 0. The summed E-state index contributed by atoms with van der Waals surface area (Å²) in [6.07, 6.45) is 0.905. The number of hydrogen-bond donors (Lipinski definition) is 2. The zero-order valence-corrected chi connectivity index (χ0v) is 9.55. The van der Waals surface area contributed by atoms with Gasteiger partial charge in [-0.2, -0.15) is 0 Å². The van der Waals surface area contributed by atoms with Gasteiger partial charge in [0.15, 0.2) is 0 Å². The van der Waals surface area contributed by atoms with Crippen molar-refractivity contribution in [2.24, 2.45) is 17.8 Å². The van der Waals surface area contributed by atoms with E-state index in [0.717, 1.165) is 6.42 Å². The predicted octanol–water partition coefficient (Wildman–Crippen LogP) is 0.657. The molecule has 0 amide bonds. The Bertz CT molecular complexity index is 276. The highest BCUT2D eigenvalue weighted by atomic mass is 16.5. The van der Waals surface area contributed by atoms with Gasteiger partial charge in [0, 0.05) is 0 Å². The molecule has 2 N–H and O–H groups in total. The van der Waals surface area contributed by atoms with Crippen LogP contribution in [-0.2, 0) is 14.3 Å². The molecule has 1 aliphatic rings. The normalized spacial score (nSPS) is 31.8. The summed E-state index contributed by atoms with van der Waals surface area (Å²) in [7, 11) is 1.29. The van der Waals surface area contributed by atoms with E-state index < -0.39 is 29.9 Å². The molecule has 4 unspecified atom stereocenters. The van der Waals surface area contributed by atoms with Crippen LogP contribution < -0.4 is 0 Å². The standard InChI is InChI=1S/C11H18O5/c1-6(11(15)16-2)7-4-3-5-8(9(7)12)10(13)14/h6-9,12H,3-5H2,1-2H3,(H,13,14). The third-order valence-corrected chi connectivity index (χ3v) is 3.44. The number of carbonyl (C=O) groups is 2. The van der Waals surface area contributed by atoms with Crippen LogP contribution >= 0.6 is 0 Å². The number of aliphatic hydroxyl groups is 1. The number of hydrogen-bond acceptors (Lipinski definition) is 4. The minimum absolute atomic E-state index is 0.317. The largest absolute Gasteiger partial charge is 0.481 e. The maximum absolute atomic E-state index is 11.4. The molecule has 0 radical (unpaired) electrons. The Kier molecular flexibility index (Phi) is 4.29. The van der Waals surface area contributed by atoms with Crippen LogP contribution in [0.15, 0.2) is 0 Å². The fourth-order valence-electron chi connectivity index (χ4n) is 2.39. The third kappa shape index (κ3) is 2.52. The zero-order chi connectivity index (χ0) is 12.3. The van der Waals surface area contributed by atoms with Gasteiger partial charge in [0.2, 0.25) is 0 Å². The first-order valence-corrected chi connectivity index (χ1v) is 5.47. The van der Waals surface area contributed by atoms with Gasteiger partial charge < -0.3 is 14.9 Å². The summed E-state index contributed by atoms with van der Waals surface area (Å²) >= 11 is 0. The van der Waals surface area contributed by atoms with E-state index in [-0.39, 0.29) is 5.92 Å². The average molecular weight is 230 g/mol. The number of aliphatic hydroxyl groups excluding tert-OH is 1. The molecule has 0 bridgehead atoms. The van der Waals surface area contributed by atoms with Crippen molar-refractivity contribution in [2.45, 2.75) is 32.3 Å². The third-order valence-electron chi connectivity index (χ3n) is 3.44. The fraction of sp³-hybridized carbons (Fsp3) is 0.818. The molecule has 0 aliphatic heterocycles. The SMILES string of the molecule is COC(=O)C(C)C1CCCC(C(=O)O)C1O. The monoisotopic (exact) mass is 230 g/mol. The Morgan fingerprint density at radius 1 is 1.38 bits per heavy atom. The summed E-state index contributed by atoms with van der Waals surface area (Å²) in [4.78, 5) is 22.2. The Morgan fingerprint density at radius 2 is 2.00 bits per heavy atom. The van der Waals surface area contributed by atoms with Crippen LogP contribution in [0.2, 0.25) is 0 Å². The van der Waals surface area contributed by atoms with Crippen molar-refractivity contribution in [2.75, 3.05) is 7.11 Å². The minimum atomic E-state index is -0.991. The summed E-state index contributed by atoms with van der Waals surface area (Å²) < 4.78 is 4.61. The fourth-order valence-corrected chi connectivity index (χ4v) is 2.39. The first kappa shape index (κ1) is 13.0. The Balaban J connectivity index is 2.73. The van der Waals surface area contributed by atoms with E-state index in [1.54, 1.807) is 6.92 Å². The lowest BCUT2D eigenvalue weighted by atomic mass is 9.73. The van der Waals surface area contributed by atoms with Gasteiger partial charge in [-0.1, -0.05) is 13.3 Å². The maximum atomic E-state index is 11.4. The second kappa shape index (κ2) is 5.30. The van der Waals surface area contributed by atoms with Crippen molar-refractivity contribution in [1.29, 1.82) is 0 Å². The van der Waals surface area contributed by atoms with Crippen LogP contribution in [0.3, 0.4) is 0 Å². The molecule has 0 aromatic carbocycles. The van der Waals surface area contributed by atoms with Gasteiger partial charge in [-0.3, -0.25) is 9.59 Å². The van der Waals surface area contributed by atoms with E-state index in [4.69, 9.17) is 5.11 Å². The first-order chi connectivity index (χ1) is 7.49. The topological polar surface area (TPSA) is 83.8 Å².